The predicted octanol–water partition coefficient (Wildman–Crippen LogP) is 3.97. The number of rotatable bonds is 2. The summed E-state index contributed by atoms with van der Waals surface area (Å²) in [5.74, 6) is 1.91. The van der Waals surface area contributed by atoms with Crippen molar-refractivity contribution in [3.63, 3.8) is 0 Å². The summed E-state index contributed by atoms with van der Waals surface area (Å²) in [5, 5.41) is 4.23. The van der Waals surface area contributed by atoms with Gasteiger partial charge in [0.15, 0.2) is 5.76 Å². The third-order valence-electron chi connectivity index (χ3n) is 5.27. The van der Waals surface area contributed by atoms with Crippen molar-refractivity contribution in [1.29, 1.82) is 0 Å². The van der Waals surface area contributed by atoms with E-state index < -0.39 is 0 Å². The highest BCUT2D eigenvalue weighted by atomic mass is 16.3. The zero-order valence-corrected chi connectivity index (χ0v) is 12.6. The Balaban J connectivity index is 1.58. The van der Waals surface area contributed by atoms with E-state index in [-0.39, 0.29) is 5.91 Å². The standard InChI is InChI=1S/C18H21NO2/c1-10-5-11(2)14-9-17(21-16(14)6-10)18(20)19-15-8-12-3-4-13(15)7-12/h5-6,9,12-13,15H,3-4,7-8H2,1-2H3,(H,19,20)/t12-,13+,15?/m1/s1. The topological polar surface area (TPSA) is 42.2 Å². The van der Waals surface area contributed by atoms with Crippen LogP contribution in [0.25, 0.3) is 11.0 Å². The van der Waals surface area contributed by atoms with Crippen molar-refractivity contribution in [2.75, 3.05) is 0 Å². The summed E-state index contributed by atoms with van der Waals surface area (Å²) < 4.78 is 5.77. The van der Waals surface area contributed by atoms with E-state index in [9.17, 15) is 4.79 Å². The smallest absolute Gasteiger partial charge is 0.287 e. The van der Waals surface area contributed by atoms with E-state index in [1.807, 2.05) is 19.1 Å². The Hall–Kier alpha value is -1.77. The van der Waals surface area contributed by atoms with Crippen molar-refractivity contribution in [2.24, 2.45) is 11.8 Å². The molecule has 1 aromatic heterocycles. The summed E-state index contributed by atoms with van der Waals surface area (Å²) in [5.41, 5.74) is 3.13. The molecular formula is C18H21NO2. The first-order valence-electron chi connectivity index (χ1n) is 7.92. The van der Waals surface area contributed by atoms with Gasteiger partial charge in [-0.15, -0.1) is 0 Å². The third kappa shape index (κ3) is 2.15. The molecule has 2 aromatic rings. The molecule has 0 saturated heterocycles. The molecule has 4 rings (SSSR count). The van der Waals surface area contributed by atoms with Crippen LogP contribution in [0.5, 0.6) is 0 Å². The molecule has 2 saturated carbocycles. The minimum atomic E-state index is -0.0548. The molecule has 2 bridgehead atoms. The van der Waals surface area contributed by atoms with E-state index in [2.05, 4.69) is 18.3 Å². The third-order valence-corrected chi connectivity index (χ3v) is 5.27. The van der Waals surface area contributed by atoms with Crippen LogP contribution in [0.1, 0.15) is 47.4 Å². The summed E-state index contributed by atoms with van der Waals surface area (Å²) in [7, 11) is 0. The lowest BCUT2D eigenvalue weighted by Crippen LogP contribution is -2.38. The Labute approximate surface area is 124 Å². The van der Waals surface area contributed by atoms with Gasteiger partial charge in [0.25, 0.3) is 5.91 Å². The maximum atomic E-state index is 12.4. The Morgan fingerprint density at radius 2 is 2.05 bits per heavy atom. The van der Waals surface area contributed by atoms with Crippen LogP contribution in [0, 0.1) is 25.7 Å². The molecule has 2 fully saturated rings. The van der Waals surface area contributed by atoms with Gasteiger partial charge in [0.2, 0.25) is 0 Å². The average molecular weight is 283 g/mol. The molecule has 1 aromatic carbocycles. The number of carbonyl (C=O) groups is 1. The average Bonchev–Trinajstić information content (AvgIpc) is 3.11. The summed E-state index contributed by atoms with van der Waals surface area (Å²) in [6.45, 7) is 4.10. The Bertz CT molecular complexity index is 715. The number of amides is 1. The zero-order chi connectivity index (χ0) is 14.6. The second kappa shape index (κ2) is 4.62. The highest BCUT2D eigenvalue weighted by molar-refractivity contribution is 5.97. The number of nitrogens with one attached hydrogen (secondary N) is 1. The molecule has 2 aliphatic rings. The van der Waals surface area contributed by atoms with Crippen LogP contribution >= 0.6 is 0 Å². The first kappa shape index (κ1) is 12.9. The molecule has 1 amide bonds. The predicted molar refractivity (Wildman–Crippen MR) is 82.4 cm³/mol. The van der Waals surface area contributed by atoms with Crippen molar-refractivity contribution in [3.05, 3.63) is 35.1 Å². The molecule has 2 aliphatic carbocycles. The van der Waals surface area contributed by atoms with Gasteiger partial charge in [0.05, 0.1) is 0 Å². The van der Waals surface area contributed by atoms with Crippen molar-refractivity contribution < 1.29 is 9.21 Å². The number of aryl methyl sites for hydroxylation is 2. The van der Waals surface area contributed by atoms with E-state index >= 15 is 0 Å². The minimum absolute atomic E-state index is 0.0548. The largest absolute Gasteiger partial charge is 0.451 e. The number of hydrogen-bond acceptors (Lipinski definition) is 2. The van der Waals surface area contributed by atoms with E-state index in [4.69, 9.17) is 4.42 Å². The van der Waals surface area contributed by atoms with Gasteiger partial charge in [0.1, 0.15) is 5.58 Å². The Morgan fingerprint density at radius 1 is 1.19 bits per heavy atom. The lowest BCUT2D eigenvalue weighted by atomic mass is 9.95. The summed E-state index contributed by atoms with van der Waals surface area (Å²) >= 11 is 0. The zero-order valence-electron chi connectivity index (χ0n) is 12.6. The number of fused-ring (bicyclic) bond motifs is 3. The maximum Gasteiger partial charge on any atom is 0.287 e. The molecule has 1 unspecified atom stereocenters. The highest BCUT2D eigenvalue weighted by Gasteiger charge is 2.40. The number of carbonyl (C=O) groups excluding carboxylic acids is 1. The number of furan rings is 1. The molecule has 3 atom stereocenters. The SMILES string of the molecule is Cc1cc(C)c2cc(C(=O)NC3C[C@@H]4CC[C@H]3C4)oc2c1. The number of benzene rings is 1. The van der Waals surface area contributed by atoms with Crippen LogP contribution in [0.3, 0.4) is 0 Å². The molecule has 110 valence electrons. The summed E-state index contributed by atoms with van der Waals surface area (Å²) in [6.07, 6.45) is 5.06. The van der Waals surface area contributed by atoms with Crippen molar-refractivity contribution in [1.82, 2.24) is 5.32 Å². The van der Waals surface area contributed by atoms with Crippen LogP contribution in [-0.2, 0) is 0 Å². The maximum absolute atomic E-state index is 12.4. The van der Waals surface area contributed by atoms with Gasteiger partial charge in [0, 0.05) is 11.4 Å². The Morgan fingerprint density at radius 3 is 2.76 bits per heavy atom. The van der Waals surface area contributed by atoms with E-state index in [0.717, 1.165) is 34.4 Å². The van der Waals surface area contributed by atoms with Crippen molar-refractivity contribution >= 4 is 16.9 Å². The molecule has 3 heteroatoms. The molecule has 0 radical (unpaired) electrons. The minimum Gasteiger partial charge on any atom is -0.451 e. The van der Waals surface area contributed by atoms with Crippen LogP contribution in [0.15, 0.2) is 22.6 Å². The highest BCUT2D eigenvalue weighted by Crippen LogP contribution is 2.44. The van der Waals surface area contributed by atoms with Crippen molar-refractivity contribution in [2.45, 2.75) is 45.6 Å². The van der Waals surface area contributed by atoms with Gasteiger partial charge >= 0.3 is 0 Å². The normalized spacial score (nSPS) is 27.4. The fourth-order valence-corrected chi connectivity index (χ4v) is 4.26. The Kier molecular flexibility index (Phi) is 2.84. The molecule has 1 N–H and O–H groups in total. The molecule has 3 nitrogen and oxygen atoms in total. The first-order valence-corrected chi connectivity index (χ1v) is 7.92. The molecule has 1 heterocycles. The van der Waals surface area contributed by atoms with Gasteiger partial charge in [-0.25, -0.2) is 0 Å². The van der Waals surface area contributed by atoms with Crippen LogP contribution < -0.4 is 5.32 Å². The van der Waals surface area contributed by atoms with Crippen LogP contribution in [0.4, 0.5) is 0 Å². The van der Waals surface area contributed by atoms with Gasteiger partial charge < -0.3 is 9.73 Å². The lowest BCUT2D eigenvalue weighted by Gasteiger charge is -2.22. The summed E-state index contributed by atoms with van der Waals surface area (Å²) in [4.78, 5) is 12.4. The fourth-order valence-electron chi connectivity index (χ4n) is 4.26. The summed E-state index contributed by atoms with van der Waals surface area (Å²) in [6, 6.07) is 6.35. The van der Waals surface area contributed by atoms with E-state index in [0.29, 0.717) is 17.7 Å². The second-order valence-corrected chi connectivity index (χ2v) is 6.86. The quantitative estimate of drug-likeness (QED) is 0.906. The first-order chi connectivity index (χ1) is 10.1. The second-order valence-electron chi connectivity index (χ2n) is 6.86. The van der Waals surface area contributed by atoms with Gasteiger partial charge in [-0.1, -0.05) is 12.5 Å². The van der Waals surface area contributed by atoms with Gasteiger partial charge in [-0.2, -0.15) is 0 Å². The fraction of sp³-hybridized carbons (Fsp3) is 0.500. The van der Waals surface area contributed by atoms with Gasteiger partial charge in [-0.05, 0) is 68.2 Å². The van der Waals surface area contributed by atoms with E-state index in [1.165, 1.54) is 19.3 Å². The van der Waals surface area contributed by atoms with Crippen LogP contribution in [-0.4, -0.2) is 11.9 Å². The lowest BCUT2D eigenvalue weighted by molar-refractivity contribution is 0.0897. The number of hydrogen-bond donors (Lipinski definition) is 1. The van der Waals surface area contributed by atoms with E-state index in [1.54, 1.807) is 0 Å². The monoisotopic (exact) mass is 283 g/mol. The van der Waals surface area contributed by atoms with Crippen LogP contribution in [0.2, 0.25) is 0 Å². The van der Waals surface area contributed by atoms with Gasteiger partial charge in [-0.3, -0.25) is 4.79 Å². The van der Waals surface area contributed by atoms with Crippen molar-refractivity contribution in [3.8, 4) is 0 Å². The molecule has 0 spiro atoms. The molecular weight excluding hydrogens is 262 g/mol. The molecule has 21 heavy (non-hydrogen) atoms. The molecule has 0 aliphatic heterocycles.